The van der Waals surface area contributed by atoms with E-state index < -0.39 is 0 Å². The van der Waals surface area contributed by atoms with Gasteiger partial charge in [0.15, 0.2) is 0 Å². The second kappa shape index (κ2) is 6.41. The Hall–Kier alpha value is -1.65. The molecule has 0 saturated heterocycles. The van der Waals surface area contributed by atoms with Gasteiger partial charge in [0, 0.05) is 25.4 Å². The van der Waals surface area contributed by atoms with E-state index in [-0.39, 0.29) is 11.9 Å². The summed E-state index contributed by atoms with van der Waals surface area (Å²) in [6, 6.07) is 0.266. The lowest BCUT2D eigenvalue weighted by Gasteiger charge is -2.18. The maximum absolute atomic E-state index is 12.2. The fourth-order valence-corrected chi connectivity index (χ4v) is 3.33. The molecule has 3 rings (SSSR count). The van der Waals surface area contributed by atoms with E-state index in [4.69, 9.17) is 0 Å². The number of amides is 1. The first kappa shape index (κ1) is 14.3. The highest BCUT2D eigenvalue weighted by atomic mass is 16.1. The van der Waals surface area contributed by atoms with Gasteiger partial charge in [-0.3, -0.25) is 4.79 Å². The summed E-state index contributed by atoms with van der Waals surface area (Å²) >= 11 is 0. The van der Waals surface area contributed by atoms with Crippen molar-refractivity contribution in [2.24, 2.45) is 0 Å². The minimum absolute atomic E-state index is 0.183. The second-order valence-corrected chi connectivity index (χ2v) is 6.19. The molecule has 1 unspecified atom stereocenters. The predicted octanol–water partition coefficient (Wildman–Crippen LogP) is 2.30. The van der Waals surface area contributed by atoms with Crippen molar-refractivity contribution in [2.45, 2.75) is 70.9 Å². The van der Waals surface area contributed by atoms with Crippen LogP contribution in [0.4, 0.5) is 0 Å². The molecular formula is C16H24N4O. The lowest BCUT2D eigenvalue weighted by molar-refractivity contribution is -0.121. The van der Waals surface area contributed by atoms with Gasteiger partial charge in [0.25, 0.3) is 0 Å². The molecule has 1 N–H and O–H groups in total. The van der Waals surface area contributed by atoms with Gasteiger partial charge < -0.3 is 9.88 Å². The molecule has 0 saturated carbocycles. The Labute approximate surface area is 125 Å². The van der Waals surface area contributed by atoms with Crippen molar-refractivity contribution < 1.29 is 4.79 Å². The van der Waals surface area contributed by atoms with Crippen molar-refractivity contribution >= 4 is 5.91 Å². The lowest BCUT2D eigenvalue weighted by atomic mass is 9.97. The third-order valence-electron chi connectivity index (χ3n) is 4.57. The maximum Gasteiger partial charge on any atom is 0.224 e. The number of hydrogen-bond acceptors (Lipinski definition) is 3. The minimum atomic E-state index is 0.183. The molecule has 5 nitrogen and oxygen atoms in total. The minimum Gasteiger partial charge on any atom is -0.353 e. The fourth-order valence-electron chi connectivity index (χ4n) is 3.33. The van der Waals surface area contributed by atoms with Gasteiger partial charge in [0.1, 0.15) is 11.6 Å². The Morgan fingerprint density at radius 3 is 3.05 bits per heavy atom. The number of hydrogen-bond donors (Lipinski definition) is 1. The number of aryl methyl sites for hydroxylation is 2. The largest absolute Gasteiger partial charge is 0.353 e. The molecule has 21 heavy (non-hydrogen) atoms. The van der Waals surface area contributed by atoms with Crippen LogP contribution in [-0.4, -0.2) is 26.7 Å². The molecule has 1 atom stereocenters. The van der Waals surface area contributed by atoms with Gasteiger partial charge in [-0.05, 0) is 45.4 Å². The summed E-state index contributed by atoms with van der Waals surface area (Å²) in [4.78, 5) is 12.2. The van der Waals surface area contributed by atoms with Gasteiger partial charge in [-0.2, -0.15) is 0 Å². The van der Waals surface area contributed by atoms with Crippen LogP contribution in [0.2, 0.25) is 0 Å². The van der Waals surface area contributed by atoms with E-state index in [0.29, 0.717) is 6.42 Å². The average Bonchev–Trinajstić information content (AvgIpc) is 2.71. The number of carbonyl (C=O) groups is 1. The third kappa shape index (κ3) is 3.52. The highest BCUT2D eigenvalue weighted by Crippen LogP contribution is 2.20. The molecule has 0 bridgehead atoms. The normalized spacial score (nSPS) is 22.1. The third-order valence-corrected chi connectivity index (χ3v) is 4.57. The molecule has 1 aromatic rings. The van der Waals surface area contributed by atoms with E-state index in [2.05, 4.69) is 26.2 Å². The Bertz CT molecular complexity index is 546. The summed E-state index contributed by atoms with van der Waals surface area (Å²) in [5.41, 5.74) is 1.32. The van der Waals surface area contributed by atoms with Crippen molar-refractivity contribution in [1.82, 2.24) is 20.1 Å². The monoisotopic (exact) mass is 288 g/mol. The molecule has 1 amide bonds. The van der Waals surface area contributed by atoms with Crippen LogP contribution in [0.15, 0.2) is 11.6 Å². The van der Waals surface area contributed by atoms with Crippen LogP contribution in [0.3, 0.4) is 0 Å². The van der Waals surface area contributed by atoms with Crippen LogP contribution in [0.5, 0.6) is 0 Å². The van der Waals surface area contributed by atoms with Crippen LogP contribution < -0.4 is 5.32 Å². The van der Waals surface area contributed by atoms with E-state index >= 15 is 0 Å². The zero-order valence-corrected chi connectivity index (χ0v) is 12.8. The Balaban J connectivity index is 1.52. The lowest BCUT2D eigenvalue weighted by Crippen LogP contribution is -2.35. The number of carbonyl (C=O) groups excluding carboxylic acids is 1. The maximum atomic E-state index is 12.2. The van der Waals surface area contributed by atoms with Crippen molar-refractivity contribution in [3.63, 3.8) is 0 Å². The Morgan fingerprint density at radius 1 is 1.33 bits per heavy atom. The van der Waals surface area contributed by atoms with E-state index in [0.717, 1.165) is 50.3 Å². The molecule has 1 aliphatic heterocycles. The summed E-state index contributed by atoms with van der Waals surface area (Å²) in [6.45, 7) is 2.90. The van der Waals surface area contributed by atoms with Gasteiger partial charge in [0.05, 0.1) is 0 Å². The van der Waals surface area contributed by atoms with Crippen LogP contribution in [0.25, 0.3) is 0 Å². The molecule has 2 heterocycles. The van der Waals surface area contributed by atoms with Gasteiger partial charge >= 0.3 is 0 Å². The summed E-state index contributed by atoms with van der Waals surface area (Å²) in [7, 11) is 0. The highest BCUT2D eigenvalue weighted by Gasteiger charge is 2.20. The standard InChI is InChI=1S/C16H24N4O/c1-12-18-19-15-8-7-14(9-10-20(12)15)17-16(21)11-13-5-3-2-4-6-13/h5,14H,2-4,6-11H2,1H3,(H,17,21). The molecule has 0 fully saturated rings. The molecule has 0 aromatic carbocycles. The average molecular weight is 288 g/mol. The van der Waals surface area contributed by atoms with E-state index in [9.17, 15) is 4.79 Å². The smallest absolute Gasteiger partial charge is 0.224 e. The zero-order chi connectivity index (χ0) is 14.7. The van der Waals surface area contributed by atoms with E-state index in [1.54, 1.807) is 0 Å². The highest BCUT2D eigenvalue weighted by molar-refractivity contribution is 5.78. The predicted molar refractivity (Wildman–Crippen MR) is 80.8 cm³/mol. The summed E-state index contributed by atoms with van der Waals surface area (Å²) in [5, 5.41) is 11.5. The van der Waals surface area contributed by atoms with Gasteiger partial charge in [0.2, 0.25) is 5.91 Å². The summed E-state index contributed by atoms with van der Waals surface area (Å²) < 4.78 is 2.18. The molecule has 1 aromatic heterocycles. The Kier molecular flexibility index (Phi) is 4.36. The van der Waals surface area contributed by atoms with Crippen LogP contribution in [0, 0.1) is 6.92 Å². The van der Waals surface area contributed by atoms with Crippen molar-refractivity contribution in [3.05, 3.63) is 23.3 Å². The number of rotatable bonds is 3. The molecule has 0 radical (unpaired) electrons. The van der Waals surface area contributed by atoms with Gasteiger partial charge in [-0.15, -0.1) is 10.2 Å². The first-order valence-electron chi connectivity index (χ1n) is 8.08. The van der Waals surface area contributed by atoms with E-state index in [1.165, 1.54) is 18.4 Å². The SMILES string of the molecule is Cc1nnc2n1CCC(NC(=O)CC1=CCCCC1)CC2. The fraction of sp³-hybridized carbons (Fsp3) is 0.688. The number of fused-ring (bicyclic) bond motifs is 1. The van der Waals surface area contributed by atoms with Gasteiger partial charge in [-0.25, -0.2) is 0 Å². The summed E-state index contributed by atoms with van der Waals surface area (Å²) in [6.07, 6.45) is 10.4. The first-order chi connectivity index (χ1) is 10.2. The molecule has 0 spiro atoms. The Morgan fingerprint density at radius 2 is 2.24 bits per heavy atom. The van der Waals surface area contributed by atoms with Crippen molar-refractivity contribution in [3.8, 4) is 0 Å². The summed E-state index contributed by atoms with van der Waals surface area (Å²) in [5.74, 6) is 2.21. The quantitative estimate of drug-likeness (QED) is 0.868. The number of allylic oxidation sites excluding steroid dienone is 1. The van der Waals surface area contributed by atoms with Gasteiger partial charge in [-0.1, -0.05) is 11.6 Å². The van der Waals surface area contributed by atoms with Crippen LogP contribution in [0.1, 0.15) is 56.6 Å². The molecule has 1 aliphatic carbocycles. The van der Waals surface area contributed by atoms with Crippen molar-refractivity contribution in [1.29, 1.82) is 0 Å². The zero-order valence-electron chi connectivity index (χ0n) is 12.8. The van der Waals surface area contributed by atoms with Crippen molar-refractivity contribution in [2.75, 3.05) is 0 Å². The first-order valence-corrected chi connectivity index (χ1v) is 8.08. The molecule has 114 valence electrons. The molecule has 5 heteroatoms. The molecular weight excluding hydrogens is 264 g/mol. The topological polar surface area (TPSA) is 59.8 Å². The molecule has 2 aliphatic rings. The van der Waals surface area contributed by atoms with Crippen LogP contribution >= 0.6 is 0 Å². The number of nitrogens with zero attached hydrogens (tertiary/aromatic N) is 3. The van der Waals surface area contributed by atoms with E-state index in [1.807, 2.05) is 6.92 Å². The number of aromatic nitrogens is 3. The van der Waals surface area contributed by atoms with Crippen LogP contribution in [-0.2, 0) is 17.8 Å². The second-order valence-electron chi connectivity index (χ2n) is 6.19. The number of nitrogens with one attached hydrogen (secondary N) is 1.